The molecule has 40 heavy (non-hydrogen) atoms. The number of benzene rings is 1. The minimum absolute atomic E-state index is 0.0662. The van der Waals surface area contributed by atoms with Crippen molar-refractivity contribution >= 4 is 28.6 Å². The van der Waals surface area contributed by atoms with E-state index in [0.29, 0.717) is 10.9 Å². The monoisotopic (exact) mass is 560 g/mol. The number of rotatable bonds is 6. The molecule has 0 aliphatic carbocycles. The number of carbonyl (C=O) groups is 3. The molecule has 1 aromatic carbocycles. The second-order valence-corrected chi connectivity index (χ2v) is 9.48. The molecule has 3 amide bonds. The maximum atomic E-state index is 13.5. The SMILES string of the molecule is C=C(F)C(=O)NC1CN(C(=O)c2cccc3c(-c4ccc(C(F)(F)F)nc4)nn(C4CN(C(=O)C(=C)F)C4)c23)C1. The highest BCUT2D eigenvalue weighted by Crippen LogP contribution is 2.36. The molecule has 2 aromatic heterocycles. The smallest absolute Gasteiger partial charge is 0.344 e. The largest absolute Gasteiger partial charge is 0.433 e. The molecule has 5 rings (SSSR count). The summed E-state index contributed by atoms with van der Waals surface area (Å²) in [5, 5.41) is 7.46. The van der Waals surface area contributed by atoms with Gasteiger partial charge in [-0.25, -0.2) is 8.78 Å². The zero-order chi connectivity index (χ0) is 28.9. The summed E-state index contributed by atoms with van der Waals surface area (Å²) in [5.41, 5.74) is 0.0366. The molecular weight excluding hydrogens is 539 g/mol. The molecule has 0 bridgehead atoms. The maximum Gasteiger partial charge on any atom is 0.433 e. The first-order chi connectivity index (χ1) is 18.8. The van der Waals surface area contributed by atoms with Crippen molar-refractivity contribution in [1.29, 1.82) is 0 Å². The fourth-order valence-corrected chi connectivity index (χ4v) is 4.66. The van der Waals surface area contributed by atoms with Crippen LogP contribution < -0.4 is 5.32 Å². The number of alkyl halides is 3. The van der Waals surface area contributed by atoms with Gasteiger partial charge in [-0.15, -0.1) is 0 Å². The van der Waals surface area contributed by atoms with Gasteiger partial charge in [-0.05, 0) is 18.2 Å². The Morgan fingerprint density at radius 2 is 1.65 bits per heavy atom. The third-order valence-corrected chi connectivity index (χ3v) is 6.76. The summed E-state index contributed by atoms with van der Waals surface area (Å²) in [6, 6.07) is 5.92. The van der Waals surface area contributed by atoms with Crippen molar-refractivity contribution in [3.8, 4) is 11.3 Å². The van der Waals surface area contributed by atoms with E-state index >= 15 is 0 Å². The van der Waals surface area contributed by atoms with Gasteiger partial charge in [0.05, 0.1) is 23.2 Å². The number of carbonyl (C=O) groups excluding carboxylic acids is 3. The van der Waals surface area contributed by atoms with Gasteiger partial charge in [-0.2, -0.15) is 18.3 Å². The summed E-state index contributed by atoms with van der Waals surface area (Å²) in [6.07, 6.45) is -3.59. The van der Waals surface area contributed by atoms with Gasteiger partial charge in [0.2, 0.25) is 0 Å². The Morgan fingerprint density at radius 1 is 0.950 bits per heavy atom. The molecule has 208 valence electrons. The fourth-order valence-electron chi connectivity index (χ4n) is 4.66. The number of amides is 3. The van der Waals surface area contributed by atoms with Crippen LogP contribution in [0.1, 0.15) is 22.1 Å². The summed E-state index contributed by atoms with van der Waals surface area (Å²) in [6.45, 7) is 6.30. The molecule has 0 saturated carbocycles. The molecule has 2 fully saturated rings. The van der Waals surface area contributed by atoms with Gasteiger partial charge in [-0.1, -0.05) is 25.3 Å². The van der Waals surface area contributed by atoms with Crippen LogP contribution in [-0.4, -0.2) is 74.5 Å². The van der Waals surface area contributed by atoms with E-state index in [0.717, 1.165) is 12.3 Å². The molecule has 3 aromatic rings. The number of pyridine rings is 1. The van der Waals surface area contributed by atoms with Crippen LogP contribution in [-0.2, 0) is 15.8 Å². The third-order valence-electron chi connectivity index (χ3n) is 6.76. The van der Waals surface area contributed by atoms with Gasteiger partial charge in [-0.3, -0.25) is 24.0 Å². The van der Waals surface area contributed by atoms with E-state index in [1.165, 1.54) is 20.5 Å². The summed E-state index contributed by atoms with van der Waals surface area (Å²) in [7, 11) is 0. The molecule has 0 spiro atoms. The van der Waals surface area contributed by atoms with Crippen molar-refractivity contribution in [3.63, 3.8) is 0 Å². The van der Waals surface area contributed by atoms with Crippen LogP contribution in [0.2, 0.25) is 0 Å². The molecule has 2 aliphatic rings. The van der Waals surface area contributed by atoms with E-state index in [9.17, 15) is 36.3 Å². The lowest BCUT2D eigenvalue weighted by Gasteiger charge is -2.40. The Labute approximate surface area is 223 Å². The summed E-state index contributed by atoms with van der Waals surface area (Å²) < 4.78 is 67.0. The minimum atomic E-state index is -4.63. The molecule has 2 aliphatic heterocycles. The van der Waals surface area contributed by atoms with Crippen molar-refractivity contribution in [3.05, 3.63) is 72.6 Å². The Balaban J connectivity index is 1.50. The quantitative estimate of drug-likeness (QED) is 0.368. The van der Waals surface area contributed by atoms with Crippen LogP contribution in [0.15, 0.2) is 61.3 Å². The van der Waals surface area contributed by atoms with Crippen molar-refractivity contribution < 1.29 is 36.3 Å². The van der Waals surface area contributed by atoms with Crippen LogP contribution in [0.3, 0.4) is 0 Å². The first kappa shape index (κ1) is 27.0. The lowest BCUT2D eigenvalue weighted by molar-refractivity contribution is -0.141. The van der Waals surface area contributed by atoms with E-state index in [4.69, 9.17) is 0 Å². The van der Waals surface area contributed by atoms with E-state index in [1.54, 1.807) is 18.2 Å². The highest BCUT2D eigenvalue weighted by molar-refractivity contribution is 6.09. The highest BCUT2D eigenvalue weighted by Gasteiger charge is 2.38. The standard InChI is InChI=1S/C26H21F5N6O3/c1-13(27)23(38)33-16-9-35(10-16)25(40)19-5-3-4-18-21(15-6-7-20(32-8-15)26(29,30)31)34-37(22(18)19)17-11-36(12-17)24(39)14(2)28/h3-8,16-17H,1-2,9-12H2,(H,33,38). The Bertz CT molecular complexity index is 1550. The second kappa shape index (κ2) is 9.84. The highest BCUT2D eigenvalue weighted by atomic mass is 19.4. The zero-order valence-corrected chi connectivity index (χ0v) is 20.7. The average Bonchev–Trinajstić information content (AvgIpc) is 3.23. The number of nitrogens with one attached hydrogen (secondary N) is 1. The van der Waals surface area contributed by atoms with Crippen molar-refractivity contribution in [2.45, 2.75) is 18.3 Å². The molecule has 9 nitrogen and oxygen atoms in total. The van der Waals surface area contributed by atoms with Gasteiger partial charge in [0, 0.05) is 43.3 Å². The minimum Gasteiger partial charge on any atom is -0.344 e. The predicted molar refractivity (Wildman–Crippen MR) is 132 cm³/mol. The Kier molecular flexibility index (Phi) is 6.64. The van der Waals surface area contributed by atoms with Crippen LogP contribution >= 0.6 is 0 Å². The van der Waals surface area contributed by atoms with Gasteiger partial charge < -0.3 is 15.1 Å². The Hall–Kier alpha value is -4.62. The summed E-state index contributed by atoms with van der Waals surface area (Å²) in [5.74, 6) is -4.52. The second-order valence-electron chi connectivity index (χ2n) is 9.48. The predicted octanol–water partition coefficient (Wildman–Crippen LogP) is 3.41. The number of halogens is 5. The van der Waals surface area contributed by atoms with Crippen molar-refractivity contribution in [2.24, 2.45) is 0 Å². The van der Waals surface area contributed by atoms with E-state index < -0.39 is 53.3 Å². The Morgan fingerprint density at radius 3 is 2.23 bits per heavy atom. The molecule has 0 radical (unpaired) electrons. The van der Waals surface area contributed by atoms with E-state index in [-0.39, 0.29) is 43.0 Å². The molecule has 2 saturated heterocycles. The molecule has 0 atom stereocenters. The van der Waals surface area contributed by atoms with Crippen LogP contribution in [0, 0.1) is 0 Å². The number of likely N-dealkylation sites (tertiary alicyclic amines) is 2. The number of aromatic nitrogens is 3. The van der Waals surface area contributed by atoms with Crippen molar-refractivity contribution in [2.75, 3.05) is 26.2 Å². The molecule has 1 N–H and O–H groups in total. The number of fused-ring (bicyclic) bond motifs is 1. The number of hydrogen-bond acceptors (Lipinski definition) is 5. The van der Waals surface area contributed by atoms with E-state index in [1.807, 2.05) is 0 Å². The summed E-state index contributed by atoms with van der Waals surface area (Å²) in [4.78, 5) is 43.1. The average molecular weight is 560 g/mol. The first-order valence-electron chi connectivity index (χ1n) is 12.0. The topological polar surface area (TPSA) is 100 Å². The molecule has 14 heteroatoms. The zero-order valence-electron chi connectivity index (χ0n) is 20.7. The van der Waals surface area contributed by atoms with Crippen LogP contribution in [0.25, 0.3) is 22.2 Å². The van der Waals surface area contributed by atoms with Gasteiger partial charge in [0.15, 0.2) is 11.7 Å². The normalized spacial score (nSPS) is 15.9. The maximum absolute atomic E-state index is 13.5. The fraction of sp³-hybridized carbons (Fsp3) is 0.269. The van der Waals surface area contributed by atoms with Gasteiger partial charge in [0.25, 0.3) is 17.7 Å². The van der Waals surface area contributed by atoms with Crippen LogP contribution in [0.5, 0.6) is 0 Å². The lowest BCUT2D eigenvalue weighted by atomic mass is 10.0. The van der Waals surface area contributed by atoms with Crippen LogP contribution in [0.4, 0.5) is 22.0 Å². The molecule has 0 unspecified atom stereocenters. The first-order valence-corrected chi connectivity index (χ1v) is 12.0. The summed E-state index contributed by atoms with van der Waals surface area (Å²) >= 11 is 0. The lowest BCUT2D eigenvalue weighted by Crippen LogP contribution is -2.61. The van der Waals surface area contributed by atoms with Gasteiger partial charge in [0.1, 0.15) is 11.4 Å². The van der Waals surface area contributed by atoms with Crippen molar-refractivity contribution in [1.82, 2.24) is 29.9 Å². The molecule has 4 heterocycles. The third kappa shape index (κ3) is 4.80. The van der Waals surface area contributed by atoms with E-state index in [2.05, 4.69) is 28.6 Å². The van der Waals surface area contributed by atoms with Gasteiger partial charge >= 0.3 is 6.18 Å². The number of hydrogen-bond donors (Lipinski definition) is 1. The number of para-hydroxylation sites is 1. The number of nitrogens with zero attached hydrogens (tertiary/aromatic N) is 5. The molecular formula is C26H21F5N6O3.